The normalized spacial score (nSPS) is 18.4. The summed E-state index contributed by atoms with van der Waals surface area (Å²) >= 11 is 6.09. The van der Waals surface area contributed by atoms with Crippen LogP contribution in [-0.4, -0.2) is 26.3 Å². The van der Waals surface area contributed by atoms with Crippen molar-refractivity contribution >= 4 is 24.4 Å². The van der Waals surface area contributed by atoms with Gasteiger partial charge in [-0.1, -0.05) is 18.2 Å². The molecule has 0 amide bonds. The molecule has 1 aromatic rings. The first-order chi connectivity index (χ1) is 7.71. The van der Waals surface area contributed by atoms with Crippen molar-refractivity contribution < 1.29 is 0 Å². The number of thioether (sulfide) groups is 1. The van der Waals surface area contributed by atoms with Crippen LogP contribution in [0.25, 0.3) is 0 Å². The molecule has 0 atom stereocenters. The smallest absolute Gasteiger partial charge is 0.270 e. The molecule has 16 heavy (non-hydrogen) atoms. The second kappa shape index (κ2) is 4.87. The zero-order valence-corrected chi connectivity index (χ0v) is 11.1. The van der Waals surface area contributed by atoms with Gasteiger partial charge in [0.25, 0.3) is 0 Å². The third-order valence-corrected chi connectivity index (χ3v) is 5.29. The molecule has 1 aliphatic carbocycles. The molecular weight excluding hydrogens is 242 g/mol. The van der Waals surface area contributed by atoms with Gasteiger partial charge >= 0.3 is 5.69 Å². The lowest BCUT2D eigenvalue weighted by Crippen LogP contribution is -2.34. The van der Waals surface area contributed by atoms with E-state index in [4.69, 9.17) is 0 Å². The number of hydrogen-bond acceptors (Lipinski definition) is 4. The number of hydrogen-bond donors (Lipinski definition) is 2. The number of rotatable bonds is 5. The first-order valence-electron chi connectivity index (χ1n) is 5.60. The van der Waals surface area contributed by atoms with Crippen molar-refractivity contribution in [1.29, 1.82) is 0 Å². The number of aromatic nitrogens is 3. The Bertz CT molecular complexity index is 403. The van der Waals surface area contributed by atoms with Gasteiger partial charge in [-0.15, -0.1) is 5.10 Å². The molecule has 1 fully saturated rings. The molecule has 0 bridgehead atoms. The molecule has 4 nitrogen and oxygen atoms in total. The van der Waals surface area contributed by atoms with E-state index in [0.717, 1.165) is 16.7 Å². The zero-order valence-electron chi connectivity index (χ0n) is 9.40. The summed E-state index contributed by atoms with van der Waals surface area (Å²) in [7, 11) is 0. The van der Waals surface area contributed by atoms with E-state index in [-0.39, 0.29) is 5.69 Å². The summed E-state index contributed by atoms with van der Waals surface area (Å²) in [6.45, 7) is 2.63. The van der Waals surface area contributed by atoms with E-state index in [9.17, 15) is 4.79 Å². The fourth-order valence-electron chi connectivity index (χ4n) is 1.93. The summed E-state index contributed by atoms with van der Waals surface area (Å²) in [6, 6.07) is 0. The lowest BCUT2D eigenvalue weighted by Gasteiger charge is -2.40. The quantitative estimate of drug-likeness (QED) is 0.626. The highest BCUT2D eigenvalue weighted by molar-refractivity contribution is 7.99. The lowest BCUT2D eigenvalue weighted by molar-refractivity contribution is 0.205. The van der Waals surface area contributed by atoms with Crippen molar-refractivity contribution in [2.75, 3.05) is 11.5 Å². The van der Waals surface area contributed by atoms with Gasteiger partial charge < -0.3 is 0 Å². The van der Waals surface area contributed by atoms with Crippen LogP contribution in [0.15, 0.2) is 9.95 Å². The molecule has 6 heteroatoms. The number of aromatic amines is 1. The fourth-order valence-corrected chi connectivity index (χ4v) is 3.82. The van der Waals surface area contributed by atoms with Gasteiger partial charge in [0, 0.05) is 12.3 Å². The van der Waals surface area contributed by atoms with Crippen molar-refractivity contribution in [3.63, 3.8) is 0 Å². The van der Waals surface area contributed by atoms with Crippen LogP contribution in [0.2, 0.25) is 0 Å². The standard InChI is InChI=1S/C10H17N3OS2/c1-2-13-8(14)11-12-9(13)16-7-10(6-15)4-3-5-10/h15H,2-7H2,1H3,(H,11,14). The third-order valence-electron chi connectivity index (χ3n) is 3.30. The minimum absolute atomic E-state index is 0.112. The predicted octanol–water partition coefficient (Wildman–Crippen LogP) is 1.78. The average Bonchev–Trinajstić information content (AvgIpc) is 2.58. The Morgan fingerprint density at radius 1 is 1.62 bits per heavy atom. The number of H-pyrrole nitrogens is 1. The van der Waals surface area contributed by atoms with E-state index < -0.39 is 0 Å². The topological polar surface area (TPSA) is 50.7 Å². The maximum absolute atomic E-state index is 11.4. The molecule has 0 spiro atoms. The van der Waals surface area contributed by atoms with Gasteiger partial charge in [0.2, 0.25) is 0 Å². The van der Waals surface area contributed by atoms with E-state index in [1.165, 1.54) is 19.3 Å². The van der Waals surface area contributed by atoms with Crippen LogP contribution in [0.3, 0.4) is 0 Å². The van der Waals surface area contributed by atoms with Crippen LogP contribution in [0.4, 0.5) is 0 Å². The maximum atomic E-state index is 11.4. The highest BCUT2D eigenvalue weighted by Crippen LogP contribution is 2.45. The molecule has 0 unspecified atom stereocenters. The van der Waals surface area contributed by atoms with Gasteiger partial charge in [-0.3, -0.25) is 4.57 Å². The van der Waals surface area contributed by atoms with Gasteiger partial charge in [-0.05, 0) is 30.9 Å². The van der Waals surface area contributed by atoms with Crippen molar-refractivity contribution in [3.05, 3.63) is 10.5 Å². The van der Waals surface area contributed by atoms with Gasteiger partial charge in [-0.25, -0.2) is 9.89 Å². The molecule has 1 aliphatic rings. The highest BCUT2D eigenvalue weighted by atomic mass is 32.2. The number of thiol groups is 1. The molecule has 0 saturated heterocycles. The molecule has 0 radical (unpaired) electrons. The first-order valence-corrected chi connectivity index (χ1v) is 7.21. The summed E-state index contributed by atoms with van der Waals surface area (Å²) in [5.74, 6) is 1.95. The van der Waals surface area contributed by atoms with Crippen molar-refractivity contribution in [2.45, 2.75) is 37.9 Å². The summed E-state index contributed by atoms with van der Waals surface area (Å²) in [5.41, 5.74) is 0.264. The van der Waals surface area contributed by atoms with Crippen LogP contribution in [0, 0.1) is 5.41 Å². The number of nitrogens with one attached hydrogen (secondary N) is 1. The Labute approximate surface area is 105 Å². The van der Waals surface area contributed by atoms with Crippen LogP contribution in [0.1, 0.15) is 26.2 Å². The Kier molecular flexibility index (Phi) is 3.69. The zero-order chi connectivity index (χ0) is 11.6. The molecule has 1 N–H and O–H groups in total. The molecule has 2 rings (SSSR count). The van der Waals surface area contributed by atoms with Crippen LogP contribution < -0.4 is 5.69 Å². The van der Waals surface area contributed by atoms with Crippen molar-refractivity contribution in [3.8, 4) is 0 Å². The lowest BCUT2D eigenvalue weighted by atomic mass is 9.72. The largest absolute Gasteiger partial charge is 0.343 e. The van der Waals surface area contributed by atoms with Gasteiger partial charge in [0.05, 0.1) is 0 Å². The van der Waals surface area contributed by atoms with Crippen molar-refractivity contribution in [1.82, 2.24) is 14.8 Å². The Morgan fingerprint density at radius 3 is 2.88 bits per heavy atom. The predicted molar refractivity (Wildman–Crippen MR) is 69.4 cm³/mol. The first kappa shape index (κ1) is 12.1. The van der Waals surface area contributed by atoms with Crippen LogP contribution >= 0.6 is 24.4 Å². The molecule has 1 aromatic heterocycles. The summed E-state index contributed by atoms with van der Waals surface area (Å²) in [4.78, 5) is 11.4. The van der Waals surface area contributed by atoms with Crippen LogP contribution in [0.5, 0.6) is 0 Å². The second-order valence-corrected chi connectivity index (χ2v) is 5.61. The van der Waals surface area contributed by atoms with E-state index in [1.54, 1.807) is 16.3 Å². The minimum atomic E-state index is -0.112. The SMILES string of the molecule is CCn1c(SCC2(CS)CCC2)n[nH]c1=O. The molecule has 90 valence electrons. The minimum Gasteiger partial charge on any atom is -0.270 e. The van der Waals surface area contributed by atoms with Gasteiger partial charge in [0.1, 0.15) is 0 Å². The van der Waals surface area contributed by atoms with Gasteiger partial charge in [0.15, 0.2) is 5.16 Å². The monoisotopic (exact) mass is 259 g/mol. The molecule has 0 aliphatic heterocycles. The van der Waals surface area contributed by atoms with E-state index >= 15 is 0 Å². The van der Waals surface area contributed by atoms with Gasteiger partial charge in [-0.2, -0.15) is 12.6 Å². The summed E-state index contributed by atoms with van der Waals surface area (Å²) in [5, 5.41) is 7.35. The summed E-state index contributed by atoms with van der Waals surface area (Å²) < 4.78 is 1.68. The summed E-state index contributed by atoms with van der Waals surface area (Å²) in [6.07, 6.45) is 3.82. The van der Waals surface area contributed by atoms with Crippen molar-refractivity contribution in [2.24, 2.45) is 5.41 Å². The second-order valence-electron chi connectivity index (χ2n) is 4.36. The Balaban J connectivity index is 2.01. The average molecular weight is 259 g/mol. The molecule has 1 saturated carbocycles. The maximum Gasteiger partial charge on any atom is 0.343 e. The molecule has 1 heterocycles. The van der Waals surface area contributed by atoms with E-state index in [1.807, 2.05) is 6.92 Å². The molecule has 0 aromatic carbocycles. The van der Waals surface area contributed by atoms with E-state index in [2.05, 4.69) is 22.8 Å². The highest BCUT2D eigenvalue weighted by Gasteiger charge is 2.35. The molecular formula is C10H17N3OS2. The Hall–Kier alpha value is -0.360. The van der Waals surface area contributed by atoms with Crippen LogP contribution in [-0.2, 0) is 6.54 Å². The third kappa shape index (κ3) is 2.18. The fraction of sp³-hybridized carbons (Fsp3) is 0.800. The number of nitrogens with zero attached hydrogens (tertiary/aromatic N) is 2. The van der Waals surface area contributed by atoms with E-state index in [0.29, 0.717) is 12.0 Å². The Morgan fingerprint density at radius 2 is 2.38 bits per heavy atom.